The minimum absolute atomic E-state index is 0.0191. The molecule has 6 heteroatoms. The zero-order valence-corrected chi connectivity index (χ0v) is 19.6. The van der Waals surface area contributed by atoms with Crippen LogP contribution < -0.4 is 10.1 Å². The topological polar surface area (TPSA) is 58.6 Å². The molecule has 0 bridgehead atoms. The Hall–Kier alpha value is -2.53. The molecule has 2 amide bonds. The van der Waals surface area contributed by atoms with Crippen LogP contribution in [0.5, 0.6) is 5.75 Å². The number of nitrogens with one attached hydrogen (secondary N) is 1. The van der Waals surface area contributed by atoms with Crippen molar-refractivity contribution in [1.29, 1.82) is 0 Å². The molecule has 0 aliphatic rings. The van der Waals surface area contributed by atoms with E-state index in [2.05, 4.69) is 5.32 Å². The predicted octanol–water partition coefficient (Wildman–Crippen LogP) is 5.14. The molecular weight excluding hydrogens is 412 g/mol. The SMILES string of the molecule is CCC(C(=O)NC(C)C)N(Cc1ccc(C)cc1)C(=O)CCCOc1ccc(Cl)cc1. The quantitative estimate of drug-likeness (QED) is 0.488. The minimum Gasteiger partial charge on any atom is -0.494 e. The summed E-state index contributed by atoms with van der Waals surface area (Å²) in [6.45, 7) is 8.62. The lowest BCUT2D eigenvalue weighted by molar-refractivity contribution is -0.141. The Kier molecular flexibility index (Phi) is 9.86. The highest BCUT2D eigenvalue weighted by Crippen LogP contribution is 2.17. The summed E-state index contributed by atoms with van der Waals surface area (Å²) in [4.78, 5) is 27.6. The Bertz CT molecular complexity index is 835. The first-order valence-corrected chi connectivity index (χ1v) is 11.2. The second-order valence-corrected chi connectivity index (χ2v) is 8.44. The summed E-state index contributed by atoms with van der Waals surface area (Å²) in [7, 11) is 0. The summed E-state index contributed by atoms with van der Waals surface area (Å²) in [6.07, 6.45) is 1.43. The fraction of sp³-hybridized carbons (Fsp3) is 0.440. The van der Waals surface area contributed by atoms with Gasteiger partial charge in [0.2, 0.25) is 11.8 Å². The molecule has 0 aromatic heterocycles. The molecule has 0 fully saturated rings. The van der Waals surface area contributed by atoms with Crippen molar-refractivity contribution in [3.63, 3.8) is 0 Å². The van der Waals surface area contributed by atoms with E-state index in [4.69, 9.17) is 16.3 Å². The van der Waals surface area contributed by atoms with Crippen molar-refractivity contribution in [3.05, 3.63) is 64.7 Å². The highest BCUT2D eigenvalue weighted by Gasteiger charge is 2.28. The first-order chi connectivity index (χ1) is 14.8. The van der Waals surface area contributed by atoms with E-state index in [0.717, 1.165) is 16.9 Å². The van der Waals surface area contributed by atoms with Crippen LogP contribution in [0.3, 0.4) is 0 Å². The molecule has 1 N–H and O–H groups in total. The number of carbonyl (C=O) groups excluding carboxylic acids is 2. The fourth-order valence-electron chi connectivity index (χ4n) is 3.28. The second kappa shape index (κ2) is 12.4. The average molecular weight is 445 g/mol. The van der Waals surface area contributed by atoms with Gasteiger partial charge in [-0.1, -0.05) is 48.4 Å². The van der Waals surface area contributed by atoms with Gasteiger partial charge in [0.15, 0.2) is 0 Å². The third kappa shape index (κ3) is 8.25. The van der Waals surface area contributed by atoms with Gasteiger partial charge in [-0.15, -0.1) is 0 Å². The van der Waals surface area contributed by atoms with Crippen molar-refractivity contribution in [3.8, 4) is 5.75 Å². The Morgan fingerprint density at radius 3 is 2.29 bits per heavy atom. The highest BCUT2D eigenvalue weighted by molar-refractivity contribution is 6.30. The molecule has 1 unspecified atom stereocenters. The number of benzene rings is 2. The smallest absolute Gasteiger partial charge is 0.243 e. The van der Waals surface area contributed by atoms with Gasteiger partial charge in [-0.3, -0.25) is 9.59 Å². The number of nitrogens with zero attached hydrogens (tertiary/aromatic N) is 1. The number of carbonyl (C=O) groups is 2. The lowest BCUT2D eigenvalue weighted by Gasteiger charge is -2.31. The minimum atomic E-state index is -0.506. The van der Waals surface area contributed by atoms with Gasteiger partial charge >= 0.3 is 0 Å². The molecule has 0 spiro atoms. The van der Waals surface area contributed by atoms with Gasteiger partial charge in [0.05, 0.1) is 6.61 Å². The molecule has 0 aliphatic heterocycles. The summed E-state index contributed by atoms with van der Waals surface area (Å²) in [5.41, 5.74) is 2.16. The van der Waals surface area contributed by atoms with Gasteiger partial charge in [-0.25, -0.2) is 0 Å². The van der Waals surface area contributed by atoms with Crippen LogP contribution in [0.15, 0.2) is 48.5 Å². The van der Waals surface area contributed by atoms with Gasteiger partial charge < -0.3 is 15.0 Å². The van der Waals surface area contributed by atoms with Gasteiger partial charge in [0, 0.05) is 24.0 Å². The van der Waals surface area contributed by atoms with Crippen LogP contribution in [0.1, 0.15) is 51.2 Å². The maximum Gasteiger partial charge on any atom is 0.243 e. The zero-order chi connectivity index (χ0) is 22.8. The van der Waals surface area contributed by atoms with Crippen molar-refractivity contribution in [2.24, 2.45) is 0 Å². The number of amides is 2. The highest BCUT2D eigenvalue weighted by atomic mass is 35.5. The van der Waals surface area contributed by atoms with E-state index >= 15 is 0 Å². The maximum atomic E-state index is 13.1. The third-order valence-electron chi connectivity index (χ3n) is 4.91. The van der Waals surface area contributed by atoms with Crippen molar-refractivity contribution >= 4 is 23.4 Å². The molecule has 31 heavy (non-hydrogen) atoms. The number of aryl methyl sites for hydroxylation is 1. The van der Waals surface area contributed by atoms with E-state index in [1.165, 1.54) is 0 Å². The normalized spacial score (nSPS) is 11.8. The van der Waals surface area contributed by atoms with Gasteiger partial charge in [0.1, 0.15) is 11.8 Å². The van der Waals surface area contributed by atoms with E-state index in [1.54, 1.807) is 29.2 Å². The largest absolute Gasteiger partial charge is 0.494 e. The van der Waals surface area contributed by atoms with Crippen LogP contribution in [0.25, 0.3) is 0 Å². The third-order valence-corrected chi connectivity index (χ3v) is 5.16. The molecule has 168 valence electrons. The standard InChI is InChI=1S/C25H33ClN2O3/c1-5-23(25(30)27-18(2)3)28(17-20-10-8-19(4)9-11-20)24(29)7-6-16-31-22-14-12-21(26)13-15-22/h8-15,18,23H,5-7,16-17H2,1-4H3,(H,27,30). The first kappa shape index (κ1) is 24.7. The van der Waals surface area contributed by atoms with Gasteiger partial charge in [0.25, 0.3) is 0 Å². The van der Waals surface area contributed by atoms with Crippen molar-refractivity contribution in [2.75, 3.05) is 6.61 Å². The molecule has 0 saturated carbocycles. The van der Waals surface area contributed by atoms with E-state index in [1.807, 2.05) is 52.0 Å². The molecule has 0 saturated heterocycles. The first-order valence-electron chi connectivity index (χ1n) is 10.8. The van der Waals surface area contributed by atoms with Crippen LogP contribution in [0, 0.1) is 6.92 Å². The predicted molar refractivity (Wildman–Crippen MR) is 125 cm³/mol. The molecule has 0 heterocycles. The van der Waals surface area contributed by atoms with Crippen LogP contribution in [0.2, 0.25) is 5.02 Å². The Balaban J connectivity index is 2.04. The van der Waals surface area contributed by atoms with E-state index in [9.17, 15) is 9.59 Å². The lowest BCUT2D eigenvalue weighted by atomic mass is 10.1. The molecule has 2 rings (SSSR count). The molecule has 0 aliphatic carbocycles. The summed E-state index contributed by atoms with van der Waals surface area (Å²) >= 11 is 5.89. The number of rotatable bonds is 11. The maximum absolute atomic E-state index is 13.1. The molecule has 5 nitrogen and oxygen atoms in total. The van der Waals surface area contributed by atoms with E-state index in [0.29, 0.717) is 37.4 Å². The van der Waals surface area contributed by atoms with Crippen molar-refractivity contribution < 1.29 is 14.3 Å². The lowest BCUT2D eigenvalue weighted by Crippen LogP contribution is -2.50. The number of halogens is 1. The Labute approximate surface area is 190 Å². The van der Waals surface area contributed by atoms with Crippen molar-refractivity contribution in [2.45, 2.75) is 65.6 Å². The van der Waals surface area contributed by atoms with Crippen LogP contribution in [0.4, 0.5) is 0 Å². The Morgan fingerprint density at radius 2 is 1.71 bits per heavy atom. The average Bonchev–Trinajstić information content (AvgIpc) is 2.73. The molecule has 0 radical (unpaired) electrons. The molecular formula is C25H33ClN2O3. The monoisotopic (exact) mass is 444 g/mol. The summed E-state index contributed by atoms with van der Waals surface area (Å²) in [5.74, 6) is 0.553. The van der Waals surface area contributed by atoms with E-state index in [-0.39, 0.29) is 17.9 Å². The number of hydrogen-bond donors (Lipinski definition) is 1. The molecule has 2 aromatic rings. The van der Waals surface area contributed by atoms with Crippen molar-refractivity contribution in [1.82, 2.24) is 10.2 Å². The Morgan fingerprint density at radius 1 is 1.06 bits per heavy atom. The summed E-state index contributed by atoms with van der Waals surface area (Å²) < 4.78 is 5.70. The number of hydrogen-bond acceptors (Lipinski definition) is 3. The van der Waals surface area contributed by atoms with E-state index < -0.39 is 6.04 Å². The molecule has 2 aromatic carbocycles. The van der Waals surface area contributed by atoms with Crippen LogP contribution >= 0.6 is 11.6 Å². The van der Waals surface area contributed by atoms with Crippen LogP contribution in [-0.4, -0.2) is 35.4 Å². The fourth-order valence-corrected chi connectivity index (χ4v) is 3.40. The zero-order valence-electron chi connectivity index (χ0n) is 18.9. The van der Waals surface area contributed by atoms with Crippen LogP contribution in [-0.2, 0) is 16.1 Å². The van der Waals surface area contributed by atoms with Gasteiger partial charge in [-0.2, -0.15) is 0 Å². The second-order valence-electron chi connectivity index (χ2n) is 8.00. The summed E-state index contributed by atoms with van der Waals surface area (Å²) in [5, 5.41) is 3.60. The number of ether oxygens (including phenoxy) is 1. The van der Waals surface area contributed by atoms with Gasteiger partial charge in [-0.05, 0) is 63.4 Å². The summed E-state index contributed by atoms with van der Waals surface area (Å²) in [6, 6.07) is 14.7. The molecule has 1 atom stereocenters.